The number of rotatable bonds is 3. The number of carbonyl (C=O) groups excluding carboxylic acids is 2. The van der Waals surface area contributed by atoms with Gasteiger partial charge in [0.2, 0.25) is 11.8 Å². The Balaban J connectivity index is 1.45. The van der Waals surface area contributed by atoms with Gasteiger partial charge >= 0.3 is 0 Å². The molecule has 2 fully saturated rings. The van der Waals surface area contributed by atoms with Crippen molar-refractivity contribution in [3.63, 3.8) is 0 Å². The largest absolute Gasteiger partial charge is 0.347 e. The molecule has 4 rings (SSSR count). The quantitative estimate of drug-likeness (QED) is 0.901. The molecular formula is C17H24N4O2S. The Morgan fingerprint density at radius 3 is 2.88 bits per heavy atom. The van der Waals surface area contributed by atoms with Gasteiger partial charge in [0.05, 0.1) is 18.1 Å². The van der Waals surface area contributed by atoms with Crippen LogP contribution >= 0.6 is 11.8 Å². The zero-order valence-corrected chi connectivity index (χ0v) is 14.8. The molecule has 130 valence electrons. The molecule has 1 N–H and O–H groups in total. The third-order valence-corrected chi connectivity index (χ3v) is 6.63. The molecule has 1 aliphatic heterocycles. The van der Waals surface area contributed by atoms with Crippen LogP contribution in [0.15, 0.2) is 6.20 Å². The minimum atomic E-state index is -0.315. The van der Waals surface area contributed by atoms with Gasteiger partial charge in [-0.1, -0.05) is 6.42 Å². The molecule has 0 spiro atoms. The fourth-order valence-electron chi connectivity index (χ4n) is 3.89. The highest BCUT2D eigenvalue weighted by Gasteiger charge is 2.40. The number of aryl methyl sites for hydroxylation is 1. The van der Waals surface area contributed by atoms with E-state index in [1.54, 1.807) is 16.7 Å². The molecule has 2 atom stereocenters. The molecule has 2 amide bonds. The van der Waals surface area contributed by atoms with Crippen molar-refractivity contribution in [3.05, 3.63) is 17.5 Å². The molecule has 24 heavy (non-hydrogen) atoms. The second kappa shape index (κ2) is 6.43. The number of thioether (sulfide) groups is 1. The predicted molar refractivity (Wildman–Crippen MR) is 92.3 cm³/mol. The van der Waals surface area contributed by atoms with E-state index in [-0.39, 0.29) is 29.8 Å². The van der Waals surface area contributed by atoms with Crippen LogP contribution in [0.25, 0.3) is 0 Å². The van der Waals surface area contributed by atoms with Crippen LogP contribution in [0.5, 0.6) is 0 Å². The lowest BCUT2D eigenvalue weighted by Gasteiger charge is -2.32. The van der Waals surface area contributed by atoms with E-state index in [9.17, 15) is 9.59 Å². The Bertz CT molecular complexity index is 655. The third-order valence-electron chi connectivity index (χ3n) is 5.61. The third kappa shape index (κ3) is 2.72. The topological polar surface area (TPSA) is 67.2 Å². The first-order valence-corrected chi connectivity index (χ1v) is 10.00. The molecule has 3 aliphatic rings. The highest BCUT2D eigenvalue weighted by molar-refractivity contribution is 7.99. The van der Waals surface area contributed by atoms with Crippen LogP contribution in [-0.4, -0.2) is 44.2 Å². The summed E-state index contributed by atoms with van der Waals surface area (Å²) in [6.07, 6.45) is 8.00. The van der Waals surface area contributed by atoms with Gasteiger partial charge in [0.25, 0.3) is 0 Å². The molecule has 2 heterocycles. The average Bonchev–Trinajstić information content (AvgIpc) is 3.13. The summed E-state index contributed by atoms with van der Waals surface area (Å²) in [5, 5.41) is 7.53. The SMILES string of the molecule is Cn1ncc2c1CCC[C@H]2NC(=O)[C@@H]1CSCN1C(=O)C1CCC1. The van der Waals surface area contributed by atoms with Gasteiger partial charge in [-0.15, -0.1) is 11.8 Å². The number of aromatic nitrogens is 2. The molecule has 0 bridgehead atoms. The average molecular weight is 348 g/mol. The Kier molecular flexibility index (Phi) is 4.28. The fourth-order valence-corrected chi connectivity index (χ4v) is 5.05. The molecule has 0 aromatic carbocycles. The van der Waals surface area contributed by atoms with E-state index in [0.717, 1.165) is 44.1 Å². The van der Waals surface area contributed by atoms with E-state index >= 15 is 0 Å². The lowest BCUT2D eigenvalue weighted by Crippen LogP contribution is -2.50. The summed E-state index contributed by atoms with van der Waals surface area (Å²) in [6.45, 7) is 0. The Hall–Kier alpha value is -1.50. The Morgan fingerprint density at radius 2 is 2.12 bits per heavy atom. The summed E-state index contributed by atoms with van der Waals surface area (Å²) in [7, 11) is 1.95. The zero-order chi connectivity index (χ0) is 16.7. The van der Waals surface area contributed by atoms with E-state index in [4.69, 9.17) is 0 Å². The van der Waals surface area contributed by atoms with Crippen molar-refractivity contribution in [1.82, 2.24) is 20.0 Å². The van der Waals surface area contributed by atoms with Gasteiger partial charge in [0.15, 0.2) is 0 Å². The molecule has 0 unspecified atom stereocenters. The second-order valence-electron chi connectivity index (χ2n) is 7.08. The van der Waals surface area contributed by atoms with Gasteiger partial charge in [-0.25, -0.2) is 0 Å². The van der Waals surface area contributed by atoms with E-state index in [1.165, 1.54) is 5.69 Å². The van der Waals surface area contributed by atoms with Crippen LogP contribution in [0.3, 0.4) is 0 Å². The summed E-state index contributed by atoms with van der Waals surface area (Å²) in [5.74, 6) is 1.68. The molecule has 1 aromatic heterocycles. The van der Waals surface area contributed by atoms with Crippen LogP contribution in [0.2, 0.25) is 0 Å². The molecule has 1 aromatic rings. The van der Waals surface area contributed by atoms with Gasteiger partial charge in [-0.3, -0.25) is 14.3 Å². The first-order valence-electron chi connectivity index (χ1n) is 8.84. The number of hydrogen-bond acceptors (Lipinski definition) is 4. The maximum atomic E-state index is 12.8. The summed E-state index contributed by atoms with van der Waals surface area (Å²) >= 11 is 1.68. The monoisotopic (exact) mass is 348 g/mol. The number of nitrogens with zero attached hydrogens (tertiary/aromatic N) is 3. The predicted octanol–water partition coefficient (Wildman–Crippen LogP) is 1.62. The Morgan fingerprint density at radius 1 is 1.29 bits per heavy atom. The second-order valence-corrected chi connectivity index (χ2v) is 8.07. The number of fused-ring (bicyclic) bond motifs is 1. The van der Waals surface area contributed by atoms with Crippen LogP contribution < -0.4 is 5.32 Å². The van der Waals surface area contributed by atoms with E-state index in [1.807, 2.05) is 17.9 Å². The van der Waals surface area contributed by atoms with Crippen LogP contribution in [-0.2, 0) is 23.1 Å². The first-order chi connectivity index (χ1) is 11.6. The van der Waals surface area contributed by atoms with Crippen molar-refractivity contribution in [1.29, 1.82) is 0 Å². The molecule has 0 radical (unpaired) electrons. The van der Waals surface area contributed by atoms with E-state index in [2.05, 4.69) is 10.4 Å². The molecule has 1 saturated heterocycles. The summed E-state index contributed by atoms with van der Waals surface area (Å²) in [6, 6.07) is -0.286. The van der Waals surface area contributed by atoms with Gasteiger partial charge in [0, 0.05) is 30.0 Å². The highest BCUT2D eigenvalue weighted by atomic mass is 32.2. The zero-order valence-electron chi connectivity index (χ0n) is 14.0. The molecule has 2 aliphatic carbocycles. The minimum Gasteiger partial charge on any atom is -0.347 e. The van der Waals surface area contributed by atoms with Crippen LogP contribution in [0, 0.1) is 5.92 Å². The highest BCUT2D eigenvalue weighted by Crippen LogP contribution is 2.33. The lowest BCUT2D eigenvalue weighted by atomic mass is 9.84. The van der Waals surface area contributed by atoms with Crippen LogP contribution in [0.4, 0.5) is 0 Å². The number of amides is 2. The smallest absolute Gasteiger partial charge is 0.244 e. The summed E-state index contributed by atoms with van der Waals surface area (Å²) < 4.78 is 1.91. The van der Waals surface area contributed by atoms with Gasteiger partial charge in [0.1, 0.15) is 6.04 Å². The van der Waals surface area contributed by atoms with E-state index in [0.29, 0.717) is 11.6 Å². The number of carbonyl (C=O) groups is 2. The normalized spacial score (nSPS) is 26.8. The van der Waals surface area contributed by atoms with Crippen molar-refractivity contribution >= 4 is 23.6 Å². The number of hydrogen-bond donors (Lipinski definition) is 1. The maximum absolute atomic E-state index is 12.8. The van der Waals surface area contributed by atoms with E-state index < -0.39 is 0 Å². The summed E-state index contributed by atoms with van der Waals surface area (Å²) in [5.41, 5.74) is 2.36. The Labute approximate surface area is 146 Å². The number of nitrogens with one attached hydrogen (secondary N) is 1. The van der Waals surface area contributed by atoms with Gasteiger partial charge in [-0.2, -0.15) is 5.10 Å². The lowest BCUT2D eigenvalue weighted by molar-refractivity contribution is -0.143. The van der Waals surface area contributed by atoms with Crippen molar-refractivity contribution in [2.75, 3.05) is 11.6 Å². The molecule has 1 saturated carbocycles. The maximum Gasteiger partial charge on any atom is 0.244 e. The first kappa shape index (κ1) is 16.0. The van der Waals surface area contributed by atoms with Crippen molar-refractivity contribution in [3.8, 4) is 0 Å². The fraction of sp³-hybridized carbons (Fsp3) is 0.706. The van der Waals surface area contributed by atoms with Crippen molar-refractivity contribution < 1.29 is 9.59 Å². The molecule has 7 heteroatoms. The van der Waals surface area contributed by atoms with Gasteiger partial charge < -0.3 is 10.2 Å². The minimum absolute atomic E-state index is 0.00521. The van der Waals surface area contributed by atoms with Crippen LogP contribution in [0.1, 0.15) is 49.4 Å². The van der Waals surface area contributed by atoms with Gasteiger partial charge in [-0.05, 0) is 32.1 Å². The van der Waals surface area contributed by atoms with Crippen molar-refractivity contribution in [2.24, 2.45) is 13.0 Å². The standard InChI is InChI=1S/C17H24N4O2S/c1-20-14-7-3-6-13(12(14)8-18-20)19-16(22)15-9-24-10-21(15)17(23)11-4-2-5-11/h8,11,13,15H,2-7,9-10H2,1H3,(H,19,22)/t13-,15+/m1/s1. The molecular weight excluding hydrogens is 324 g/mol. The summed E-state index contributed by atoms with van der Waals surface area (Å²) in [4.78, 5) is 27.2. The van der Waals surface area contributed by atoms with Crippen molar-refractivity contribution in [2.45, 2.75) is 50.6 Å². The molecule has 6 nitrogen and oxygen atoms in total.